The van der Waals surface area contributed by atoms with Crippen molar-refractivity contribution >= 4 is 11.6 Å². The maximum atomic E-state index is 13.8. The van der Waals surface area contributed by atoms with Gasteiger partial charge in [0.25, 0.3) is 0 Å². The molecule has 0 aliphatic heterocycles. The molecule has 2 aromatic rings. The summed E-state index contributed by atoms with van der Waals surface area (Å²) in [5, 5.41) is 2.71. The van der Waals surface area contributed by atoms with Crippen molar-refractivity contribution in [1.29, 1.82) is 0 Å². The van der Waals surface area contributed by atoms with Crippen LogP contribution in [0.4, 0.5) is 18.9 Å². The van der Waals surface area contributed by atoms with Crippen LogP contribution >= 0.6 is 0 Å². The standard InChI is InChI=1S/C15H13F3N2O/c1-8-2-4-9(5-3-8)20-14(15(19)21)10-6-12(17)13(18)7-11(10)16/h2-7,14,20H,1H3,(H2,19,21). The highest BCUT2D eigenvalue weighted by Crippen LogP contribution is 2.24. The minimum Gasteiger partial charge on any atom is -0.370 e. The first-order valence-corrected chi connectivity index (χ1v) is 6.15. The quantitative estimate of drug-likeness (QED) is 0.852. The molecule has 2 rings (SSSR count). The van der Waals surface area contributed by atoms with Crippen LogP contribution in [0.15, 0.2) is 36.4 Å². The highest BCUT2D eigenvalue weighted by atomic mass is 19.2. The average molecular weight is 294 g/mol. The summed E-state index contributed by atoms with van der Waals surface area (Å²) in [5.74, 6) is -4.52. The molecule has 0 bridgehead atoms. The van der Waals surface area contributed by atoms with Crippen molar-refractivity contribution in [2.24, 2.45) is 5.73 Å². The Balaban J connectivity index is 2.38. The second-order valence-corrected chi connectivity index (χ2v) is 4.63. The Bertz CT molecular complexity index is 671. The van der Waals surface area contributed by atoms with Gasteiger partial charge >= 0.3 is 0 Å². The smallest absolute Gasteiger partial charge is 0.244 e. The Hall–Kier alpha value is -2.50. The van der Waals surface area contributed by atoms with Crippen LogP contribution in [0.3, 0.4) is 0 Å². The molecule has 3 N–H and O–H groups in total. The van der Waals surface area contributed by atoms with Crippen LogP contribution in [0.1, 0.15) is 17.2 Å². The number of hydrogen-bond donors (Lipinski definition) is 2. The summed E-state index contributed by atoms with van der Waals surface area (Å²) >= 11 is 0. The van der Waals surface area contributed by atoms with Crippen LogP contribution in [0.25, 0.3) is 0 Å². The van der Waals surface area contributed by atoms with E-state index in [1.165, 1.54) is 0 Å². The molecule has 3 nitrogen and oxygen atoms in total. The number of primary amides is 1. The van der Waals surface area contributed by atoms with E-state index in [1.807, 2.05) is 6.92 Å². The number of carbonyl (C=O) groups is 1. The molecule has 1 amide bonds. The summed E-state index contributed by atoms with van der Waals surface area (Å²) in [6.07, 6.45) is 0. The van der Waals surface area contributed by atoms with E-state index in [1.54, 1.807) is 24.3 Å². The van der Waals surface area contributed by atoms with Crippen molar-refractivity contribution in [3.8, 4) is 0 Å². The van der Waals surface area contributed by atoms with Crippen molar-refractivity contribution in [1.82, 2.24) is 0 Å². The van der Waals surface area contributed by atoms with Crippen molar-refractivity contribution < 1.29 is 18.0 Å². The molecule has 0 fully saturated rings. The molecule has 0 aromatic heterocycles. The zero-order chi connectivity index (χ0) is 15.6. The second-order valence-electron chi connectivity index (χ2n) is 4.63. The fourth-order valence-corrected chi connectivity index (χ4v) is 1.88. The fraction of sp³-hybridized carbons (Fsp3) is 0.133. The molecule has 110 valence electrons. The monoisotopic (exact) mass is 294 g/mol. The van der Waals surface area contributed by atoms with Crippen LogP contribution in [0, 0.1) is 24.4 Å². The Labute approximate surface area is 119 Å². The number of halogens is 3. The maximum absolute atomic E-state index is 13.8. The summed E-state index contributed by atoms with van der Waals surface area (Å²) in [6, 6.07) is 6.61. The van der Waals surface area contributed by atoms with Crippen molar-refractivity contribution in [2.75, 3.05) is 5.32 Å². The molecule has 0 saturated carbocycles. The van der Waals surface area contributed by atoms with E-state index in [0.29, 0.717) is 17.8 Å². The number of aryl methyl sites for hydroxylation is 1. The van der Waals surface area contributed by atoms with Crippen molar-refractivity contribution in [3.63, 3.8) is 0 Å². The Kier molecular flexibility index (Phi) is 4.16. The van der Waals surface area contributed by atoms with Gasteiger partial charge < -0.3 is 11.1 Å². The second kappa shape index (κ2) is 5.87. The van der Waals surface area contributed by atoms with Crippen LogP contribution in [0.2, 0.25) is 0 Å². The lowest BCUT2D eigenvalue weighted by molar-refractivity contribution is -0.118. The number of anilines is 1. The Morgan fingerprint density at radius 2 is 1.62 bits per heavy atom. The summed E-state index contributed by atoms with van der Waals surface area (Å²) in [6.45, 7) is 1.88. The predicted molar refractivity (Wildman–Crippen MR) is 73.1 cm³/mol. The number of nitrogens with one attached hydrogen (secondary N) is 1. The minimum absolute atomic E-state index is 0.345. The lowest BCUT2D eigenvalue weighted by atomic mass is 10.0. The lowest BCUT2D eigenvalue weighted by Gasteiger charge is -2.18. The third kappa shape index (κ3) is 3.34. The summed E-state index contributed by atoms with van der Waals surface area (Å²) in [5.41, 5.74) is 6.38. The summed E-state index contributed by atoms with van der Waals surface area (Å²) < 4.78 is 40.0. The zero-order valence-electron chi connectivity index (χ0n) is 11.2. The van der Waals surface area contributed by atoms with Gasteiger partial charge in [0.1, 0.15) is 11.9 Å². The summed E-state index contributed by atoms with van der Waals surface area (Å²) in [7, 11) is 0. The first kappa shape index (κ1) is 14.9. The third-order valence-corrected chi connectivity index (χ3v) is 3.00. The van der Waals surface area contributed by atoms with Gasteiger partial charge in [-0.1, -0.05) is 17.7 Å². The fourth-order valence-electron chi connectivity index (χ4n) is 1.88. The molecule has 0 heterocycles. The average Bonchev–Trinajstić information content (AvgIpc) is 2.42. The molecule has 6 heteroatoms. The molecule has 0 saturated heterocycles. The highest BCUT2D eigenvalue weighted by molar-refractivity contribution is 5.84. The van der Waals surface area contributed by atoms with E-state index in [2.05, 4.69) is 5.32 Å². The van der Waals surface area contributed by atoms with Gasteiger partial charge in [0.2, 0.25) is 5.91 Å². The SMILES string of the molecule is Cc1ccc(NC(C(N)=O)c2cc(F)c(F)cc2F)cc1. The Morgan fingerprint density at radius 1 is 1.05 bits per heavy atom. The molecule has 0 spiro atoms. The first-order chi connectivity index (χ1) is 9.88. The molecule has 1 atom stereocenters. The summed E-state index contributed by atoms with van der Waals surface area (Å²) in [4.78, 5) is 11.5. The normalized spacial score (nSPS) is 12.0. The van der Waals surface area contributed by atoms with Gasteiger partial charge in [-0.2, -0.15) is 0 Å². The number of rotatable bonds is 4. The molecular weight excluding hydrogens is 281 g/mol. The van der Waals surface area contributed by atoms with Gasteiger partial charge in [-0.05, 0) is 25.1 Å². The van der Waals surface area contributed by atoms with Crippen LogP contribution in [-0.4, -0.2) is 5.91 Å². The largest absolute Gasteiger partial charge is 0.370 e. The molecule has 0 aliphatic carbocycles. The van der Waals surface area contributed by atoms with E-state index in [0.717, 1.165) is 5.56 Å². The first-order valence-electron chi connectivity index (χ1n) is 6.15. The van der Waals surface area contributed by atoms with E-state index in [9.17, 15) is 18.0 Å². The predicted octanol–water partition coefficient (Wildman–Crippen LogP) is 3.05. The van der Waals surface area contributed by atoms with E-state index < -0.39 is 29.4 Å². The molecule has 0 aliphatic rings. The van der Waals surface area contributed by atoms with Crippen LogP contribution in [-0.2, 0) is 4.79 Å². The van der Waals surface area contributed by atoms with Crippen LogP contribution in [0.5, 0.6) is 0 Å². The number of benzene rings is 2. The third-order valence-electron chi connectivity index (χ3n) is 3.00. The van der Waals surface area contributed by atoms with Gasteiger partial charge in [0.15, 0.2) is 11.6 Å². The van der Waals surface area contributed by atoms with Crippen LogP contribution < -0.4 is 11.1 Å². The molecular formula is C15H13F3N2O. The number of nitrogens with two attached hydrogens (primary N) is 1. The number of hydrogen-bond acceptors (Lipinski definition) is 2. The Morgan fingerprint density at radius 3 is 2.19 bits per heavy atom. The maximum Gasteiger partial charge on any atom is 0.244 e. The van der Waals surface area contributed by atoms with Crippen molar-refractivity contribution in [2.45, 2.75) is 13.0 Å². The number of amides is 1. The van der Waals surface area contributed by atoms with Gasteiger partial charge in [-0.25, -0.2) is 13.2 Å². The highest BCUT2D eigenvalue weighted by Gasteiger charge is 2.23. The topological polar surface area (TPSA) is 55.1 Å². The van der Waals surface area contributed by atoms with Crippen molar-refractivity contribution in [3.05, 3.63) is 65.0 Å². The lowest BCUT2D eigenvalue weighted by Crippen LogP contribution is -2.28. The molecule has 2 aromatic carbocycles. The van der Waals surface area contributed by atoms with Gasteiger partial charge in [0, 0.05) is 17.3 Å². The molecule has 21 heavy (non-hydrogen) atoms. The van der Waals surface area contributed by atoms with E-state index in [4.69, 9.17) is 5.73 Å². The van der Waals surface area contributed by atoms with E-state index >= 15 is 0 Å². The minimum atomic E-state index is -1.32. The van der Waals surface area contributed by atoms with Gasteiger partial charge in [0.05, 0.1) is 0 Å². The molecule has 1 unspecified atom stereocenters. The van der Waals surface area contributed by atoms with Gasteiger partial charge in [-0.3, -0.25) is 4.79 Å². The molecule has 0 radical (unpaired) electrons. The number of carbonyl (C=O) groups excluding carboxylic acids is 1. The zero-order valence-corrected chi connectivity index (χ0v) is 11.2. The van der Waals surface area contributed by atoms with Gasteiger partial charge in [-0.15, -0.1) is 0 Å². The van der Waals surface area contributed by atoms with E-state index in [-0.39, 0.29) is 5.56 Å².